The van der Waals surface area contributed by atoms with Crippen molar-refractivity contribution in [3.63, 3.8) is 0 Å². The van der Waals surface area contributed by atoms with Gasteiger partial charge in [0.2, 0.25) is 5.91 Å². The molecule has 5 rings (SSSR count). The molecule has 150 valence electrons. The van der Waals surface area contributed by atoms with Crippen molar-refractivity contribution in [2.45, 2.75) is 18.7 Å². The Morgan fingerprint density at radius 2 is 1.63 bits per heavy atom. The number of amides is 1. The topological polar surface area (TPSA) is 53.6 Å². The zero-order valence-electron chi connectivity index (χ0n) is 16.4. The van der Waals surface area contributed by atoms with E-state index in [1.807, 2.05) is 96.8 Å². The van der Waals surface area contributed by atoms with Crippen LogP contribution in [0.1, 0.15) is 18.5 Å². The second-order valence-corrected chi connectivity index (χ2v) is 8.01. The lowest BCUT2D eigenvalue weighted by atomic mass is 9.78. The molecule has 2 N–H and O–H groups in total. The third kappa shape index (κ3) is 2.92. The number of para-hydroxylation sites is 3. The standard InChI is InChI=1S/C24H21N3O2S/c1-24-20(22(28)25-16-10-4-2-5-11-16)21(18-14-8-9-15-19(18)29-24)26-23(30)27(24)17-12-6-3-7-13-17/h2-15,20-21H,1H3,(H,25,28)(H,26,30)/t20?,21?,24-/m0/s1. The molecule has 3 atom stereocenters. The number of ether oxygens (including phenoxy) is 1. The Morgan fingerprint density at radius 1 is 1.00 bits per heavy atom. The van der Waals surface area contributed by atoms with Gasteiger partial charge in [-0.3, -0.25) is 9.69 Å². The highest BCUT2D eigenvalue weighted by Gasteiger charge is 2.59. The van der Waals surface area contributed by atoms with Crippen LogP contribution in [-0.4, -0.2) is 16.7 Å². The Bertz CT molecular complexity index is 1110. The van der Waals surface area contributed by atoms with Gasteiger partial charge in [0.15, 0.2) is 10.8 Å². The molecule has 1 amide bonds. The Balaban J connectivity index is 1.63. The van der Waals surface area contributed by atoms with Crippen LogP contribution in [0.15, 0.2) is 84.9 Å². The third-order valence-corrected chi connectivity index (χ3v) is 6.05. The number of hydrogen-bond acceptors (Lipinski definition) is 3. The minimum absolute atomic E-state index is 0.126. The molecule has 5 nitrogen and oxygen atoms in total. The van der Waals surface area contributed by atoms with Gasteiger partial charge in [-0.25, -0.2) is 0 Å². The third-order valence-electron chi connectivity index (χ3n) is 5.75. The molecule has 0 aromatic heterocycles. The first-order valence-electron chi connectivity index (χ1n) is 9.87. The molecule has 0 aliphatic carbocycles. The van der Waals surface area contributed by atoms with Crippen LogP contribution in [0.5, 0.6) is 5.75 Å². The van der Waals surface area contributed by atoms with Crippen LogP contribution in [0.25, 0.3) is 0 Å². The van der Waals surface area contributed by atoms with Crippen molar-refractivity contribution < 1.29 is 9.53 Å². The summed E-state index contributed by atoms with van der Waals surface area (Å²) in [6.45, 7) is 1.94. The van der Waals surface area contributed by atoms with Crippen molar-refractivity contribution in [1.29, 1.82) is 0 Å². The first-order valence-corrected chi connectivity index (χ1v) is 10.3. The van der Waals surface area contributed by atoms with E-state index in [-0.39, 0.29) is 11.9 Å². The monoisotopic (exact) mass is 415 g/mol. The van der Waals surface area contributed by atoms with E-state index in [0.29, 0.717) is 5.11 Å². The summed E-state index contributed by atoms with van der Waals surface area (Å²) in [5.74, 6) is 0.0864. The summed E-state index contributed by atoms with van der Waals surface area (Å²) >= 11 is 5.74. The molecular weight excluding hydrogens is 394 g/mol. The quantitative estimate of drug-likeness (QED) is 0.618. The predicted molar refractivity (Wildman–Crippen MR) is 121 cm³/mol. The highest BCUT2D eigenvalue weighted by molar-refractivity contribution is 7.80. The van der Waals surface area contributed by atoms with Gasteiger partial charge in [0.1, 0.15) is 11.7 Å². The fraction of sp³-hybridized carbons (Fsp3) is 0.167. The lowest BCUT2D eigenvalue weighted by molar-refractivity contribution is -0.130. The van der Waals surface area contributed by atoms with Crippen molar-refractivity contribution >= 4 is 34.6 Å². The number of hydrogen-bond donors (Lipinski definition) is 2. The maximum Gasteiger partial charge on any atom is 0.236 e. The molecule has 3 aromatic rings. The maximum absolute atomic E-state index is 13.6. The van der Waals surface area contributed by atoms with E-state index in [1.54, 1.807) is 0 Å². The van der Waals surface area contributed by atoms with Crippen LogP contribution in [0.2, 0.25) is 0 Å². The van der Waals surface area contributed by atoms with Gasteiger partial charge in [-0.1, -0.05) is 54.6 Å². The van der Waals surface area contributed by atoms with Gasteiger partial charge in [-0.15, -0.1) is 0 Å². The minimum atomic E-state index is -0.998. The number of nitrogens with zero attached hydrogens (tertiary/aromatic N) is 1. The Morgan fingerprint density at radius 3 is 2.37 bits per heavy atom. The Hall–Kier alpha value is -3.38. The predicted octanol–water partition coefficient (Wildman–Crippen LogP) is 4.49. The number of thiocarbonyl (C=S) groups is 1. The van der Waals surface area contributed by atoms with E-state index in [4.69, 9.17) is 17.0 Å². The number of fused-ring (bicyclic) bond motifs is 4. The number of benzene rings is 3. The molecule has 0 radical (unpaired) electrons. The van der Waals surface area contributed by atoms with E-state index in [2.05, 4.69) is 10.6 Å². The molecule has 3 aromatic carbocycles. The van der Waals surface area contributed by atoms with Gasteiger partial charge in [0.05, 0.1) is 6.04 Å². The van der Waals surface area contributed by atoms with Crippen molar-refractivity contribution in [2.75, 3.05) is 10.2 Å². The van der Waals surface area contributed by atoms with Gasteiger partial charge in [-0.05, 0) is 49.5 Å². The molecule has 0 saturated carbocycles. The number of carbonyl (C=O) groups is 1. The summed E-state index contributed by atoms with van der Waals surface area (Å²) in [6.07, 6.45) is 0. The molecule has 2 unspecified atom stereocenters. The summed E-state index contributed by atoms with van der Waals surface area (Å²) < 4.78 is 6.54. The number of anilines is 2. The molecule has 2 aliphatic rings. The van der Waals surface area contributed by atoms with Gasteiger partial charge in [0.25, 0.3) is 0 Å². The first-order chi connectivity index (χ1) is 14.6. The van der Waals surface area contributed by atoms with Crippen LogP contribution >= 0.6 is 12.2 Å². The van der Waals surface area contributed by atoms with E-state index in [0.717, 1.165) is 22.7 Å². The lowest BCUT2D eigenvalue weighted by Gasteiger charge is -2.56. The van der Waals surface area contributed by atoms with Crippen LogP contribution in [-0.2, 0) is 4.79 Å². The van der Waals surface area contributed by atoms with Crippen LogP contribution < -0.4 is 20.3 Å². The first kappa shape index (κ1) is 18.6. The smallest absolute Gasteiger partial charge is 0.236 e. The summed E-state index contributed by atoms with van der Waals surface area (Å²) in [5.41, 5.74) is 1.55. The van der Waals surface area contributed by atoms with Crippen LogP contribution in [0.4, 0.5) is 11.4 Å². The minimum Gasteiger partial charge on any atom is -0.467 e. The Labute approximate surface area is 180 Å². The molecule has 2 bridgehead atoms. The van der Waals surface area contributed by atoms with E-state index in [1.165, 1.54) is 0 Å². The fourth-order valence-electron chi connectivity index (χ4n) is 4.44. The van der Waals surface area contributed by atoms with Crippen LogP contribution in [0.3, 0.4) is 0 Å². The van der Waals surface area contributed by atoms with Crippen LogP contribution in [0, 0.1) is 5.92 Å². The zero-order chi connectivity index (χ0) is 20.7. The summed E-state index contributed by atoms with van der Waals surface area (Å²) in [6, 6.07) is 26.8. The molecule has 2 heterocycles. The molecule has 1 fully saturated rings. The summed E-state index contributed by atoms with van der Waals surface area (Å²) in [5, 5.41) is 7.00. The fourth-order valence-corrected chi connectivity index (χ4v) is 4.85. The SMILES string of the molecule is C[C@@]12Oc3ccccc3C(NC(=S)N1c1ccccc1)C2C(=O)Nc1ccccc1. The zero-order valence-corrected chi connectivity index (χ0v) is 17.2. The Kier molecular flexibility index (Phi) is 4.44. The van der Waals surface area contributed by atoms with Gasteiger partial charge in [-0.2, -0.15) is 0 Å². The van der Waals surface area contributed by atoms with E-state index >= 15 is 0 Å². The normalized spacial score (nSPS) is 24.3. The van der Waals surface area contributed by atoms with E-state index < -0.39 is 11.6 Å². The van der Waals surface area contributed by atoms with Crippen molar-refractivity contribution in [1.82, 2.24) is 5.32 Å². The average Bonchev–Trinajstić information content (AvgIpc) is 2.74. The van der Waals surface area contributed by atoms with Gasteiger partial charge >= 0.3 is 0 Å². The second-order valence-electron chi connectivity index (χ2n) is 7.63. The molecule has 2 aliphatic heterocycles. The van der Waals surface area contributed by atoms with Crippen molar-refractivity contribution in [2.24, 2.45) is 5.92 Å². The van der Waals surface area contributed by atoms with Gasteiger partial charge < -0.3 is 15.4 Å². The average molecular weight is 416 g/mol. The molecule has 0 spiro atoms. The second kappa shape index (κ2) is 7.15. The molecular formula is C24H21N3O2S. The molecule has 1 saturated heterocycles. The van der Waals surface area contributed by atoms with Crippen molar-refractivity contribution in [3.05, 3.63) is 90.5 Å². The number of nitrogens with one attached hydrogen (secondary N) is 2. The highest BCUT2D eigenvalue weighted by atomic mass is 32.1. The number of carbonyl (C=O) groups excluding carboxylic acids is 1. The molecule has 30 heavy (non-hydrogen) atoms. The lowest BCUT2D eigenvalue weighted by Crippen LogP contribution is -2.72. The summed E-state index contributed by atoms with van der Waals surface area (Å²) in [7, 11) is 0. The molecule has 6 heteroatoms. The highest BCUT2D eigenvalue weighted by Crippen LogP contribution is 2.49. The van der Waals surface area contributed by atoms with Gasteiger partial charge in [0, 0.05) is 16.9 Å². The largest absolute Gasteiger partial charge is 0.467 e. The van der Waals surface area contributed by atoms with Crippen molar-refractivity contribution in [3.8, 4) is 5.75 Å². The van der Waals surface area contributed by atoms with E-state index in [9.17, 15) is 4.79 Å². The summed E-state index contributed by atoms with van der Waals surface area (Å²) in [4.78, 5) is 15.5. The maximum atomic E-state index is 13.6. The number of rotatable bonds is 3.